The van der Waals surface area contributed by atoms with Crippen LogP contribution in [0.3, 0.4) is 0 Å². The highest BCUT2D eigenvalue weighted by molar-refractivity contribution is 5.77. The normalized spacial score (nSPS) is 9.92. The molecule has 0 bridgehead atoms. The first-order chi connectivity index (χ1) is 6.38. The Morgan fingerprint density at radius 3 is 2.85 bits per heavy atom. The quantitative estimate of drug-likeness (QED) is 0.513. The lowest BCUT2D eigenvalue weighted by Crippen LogP contribution is -2.18. The molecule has 0 saturated heterocycles. The van der Waals surface area contributed by atoms with Gasteiger partial charge in [-0.3, -0.25) is 4.79 Å². The second-order valence-corrected chi connectivity index (χ2v) is 2.72. The summed E-state index contributed by atoms with van der Waals surface area (Å²) in [6.07, 6.45) is 0.843. The average Bonchev–Trinajstić information content (AvgIpc) is 2.19. The minimum Gasteiger partial charge on any atom is -0.395 e. The maximum Gasteiger partial charge on any atom is 0.150 e. The van der Waals surface area contributed by atoms with Crippen LogP contribution in [0.2, 0.25) is 0 Å². The smallest absolute Gasteiger partial charge is 0.150 e. The molecule has 0 unspecified atom stereocenters. The summed E-state index contributed by atoms with van der Waals surface area (Å²) in [5.41, 5.74) is 1.67. The van der Waals surface area contributed by atoms with E-state index in [2.05, 4.69) is 5.32 Å². The Morgan fingerprint density at radius 2 is 2.15 bits per heavy atom. The Kier molecular flexibility index (Phi) is 4.15. The summed E-state index contributed by atoms with van der Waals surface area (Å²) in [6, 6.07) is 7.40. The summed E-state index contributed by atoms with van der Waals surface area (Å²) in [5, 5.41) is 11.6. The third-order valence-corrected chi connectivity index (χ3v) is 1.79. The third-order valence-electron chi connectivity index (χ3n) is 1.79. The van der Waals surface area contributed by atoms with Gasteiger partial charge in [-0.15, -0.1) is 0 Å². The van der Waals surface area contributed by atoms with Gasteiger partial charge in [0.25, 0.3) is 0 Å². The number of nitrogens with one attached hydrogen (secondary N) is 1. The Hall–Kier alpha value is -1.19. The van der Waals surface area contributed by atoms with Gasteiger partial charge in [0.2, 0.25) is 0 Å². The number of hydrogen-bond donors (Lipinski definition) is 2. The molecule has 0 aliphatic carbocycles. The number of aliphatic hydroxyl groups excluding tert-OH is 1. The number of rotatable bonds is 5. The van der Waals surface area contributed by atoms with Crippen LogP contribution in [0.25, 0.3) is 0 Å². The van der Waals surface area contributed by atoms with E-state index in [4.69, 9.17) is 5.11 Å². The number of carbonyl (C=O) groups is 1. The average molecular weight is 179 g/mol. The highest BCUT2D eigenvalue weighted by atomic mass is 16.3. The van der Waals surface area contributed by atoms with Crippen LogP contribution in [-0.2, 0) is 6.54 Å². The topological polar surface area (TPSA) is 49.3 Å². The van der Waals surface area contributed by atoms with E-state index in [0.717, 1.165) is 11.8 Å². The van der Waals surface area contributed by atoms with Gasteiger partial charge in [-0.2, -0.15) is 0 Å². The summed E-state index contributed by atoms with van der Waals surface area (Å²) >= 11 is 0. The number of aliphatic hydroxyl groups is 1. The fraction of sp³-hybridized carbons (Fsp3) is 0.300. The fourth-order valence-electron chi connectivity index (χ4n) is 1.11. The van der Waals surface area contributed by atoms with Crippen LogP contribution in [0.1, 0.15) is 15.9 Å². The molecule has 70 valence electrons. The van der Waals surface area contributed by atoms with Gasteiger partial charge in [-0.05, 0) is 5.56 Å². The van der Waals surface area contributed by atoms with Gasteiger partial charge in [0.05, 0.1) is 6.61 Å². The number of carbonyl (C=O) groups excluding carboxylic acids is 1. The number of hydrogen-bond acceptors (Lipinski definition) is 3. The standard InChI is InChI=1S/C10H13NO2/c12-6-5-11-7-9-3-1-2-4-10(9)8-13/h1-4,8,11-12H,5-7H2. The van der Waals surface area contributed by atoms with E-state index in [0.29, 0.717) is 18.7 Å². The third kappa shape index (κ3) is 2.97. The van der Waals surface area contributed by atoms with Crippen LogP contribution >= 0.6 is 0 Å². The van der Waals surface area contributed by atoms with Gasteiger partial charge in [-0.1, -0.05) is 24.3 Å². The zero-order valence-corrected chi connectivity index (χ0v) is 7.36. The monoisotopic (exact) mass is 179 g/mol. The van der Waals surface area contributed by atoms with Crippen molar-refractivity contribution in [1.82, 2.24) is 5.32 Å². The molecule has 13 heavy (non-hydrogen) atoms. The summed E-state index contributed by atoms with van der Waals surface area (Å²) in [6.45, 7) is 1.28. The molecular weight excluding hydrogens is 166 g/mol. The summed E-state index contributed by atoms with van der Waals surface area (Å²) in [7, 11) is 0. The second-order valence-electron chi connectivity index (χ2n) is 2.72. The predicted octanol–water partition coefficient (Wildman–Crippen LogP) is 0.581. The fourth-order valence-corrected chi connectivity index (χ4v) is 1.11. The molecule has 0 aliphatic heterocycles. The largest absolute Gasteiger partial charge is 0.395 e. The van der Waals surface area contributed by atoms with Crippen molar-refractivity contribution in [3.05, 3.63) is 35.4 Å². The van der Waals surface area contributed by atoms with Crippen molar-refractivity contribution >= 4 is 6.29 Å². The second kappa shape index (κ2) is 5.45. The molecule has 2 N–H and O–H groups in total. The van der Waals surface area contributed by atoms with Crippen LogP contribution in [0.5, 0.6) is 0 Å². The minimum absolute atomic E-state index is 0.114. The van der Waals surface area contributed by atoms with Gasteiger partial charge >= 0.3 is 0 Å². The molecule has 0 spiro atoms. The first-order valence-electron chi connectivity index (χ1n) is 4.23. The van der Waals surface area contributed by atoms with Crippen LogP contribution in [0.4, 0.5) is 0 Å². The molecule has 0 heterocycles. The van der Waals surface area contributed by atoms with Crippen LogP contribution in [0.15, 0.2) is 24.3 Å². The molecule has 3 nitrogen and oxygen atoms in total. The molecular formula is C10H13NO2. The van der Waals surface area contributed by atoms with Gasteiger partial charge in [0.1, 0.15) is 6.29 Å². The maximum atomic E-state index is 10.6. The van der Waals surface area contributed by atoms with Crippen molar-refractivity contribution in [2.45, 2.75) is 6.54 Å². The lowest BCUT2D eigenvalue weighted by Gasteiger charge is -2.04. The van der Waals surface area contributed by atoms with Gasteiger partial charge in [0, 0.05) is 18.7 Å². The van der Waals surface area contributed by atoms with Crippen molar-refractivity contribution in [1.29, 1.82) is 0 Å². The molecule has 0 aliphatic rings. The first-order valence-corrected chi connectivity index (χ1v) is 4.23. The van der Waals surface area contributed by atoms with Gasteiger partial charge < -0.3 is 10.4 Å². The molecule has 1 aromatic rings. The molecule has 0 aromatic heterocycles. The van der Waals surface area contributed by atoms with E-state index in [1.807, 2.05) is 18.2 Å². The van der Waals surface area contributed by atoms with Crippen molar-refractivity contribution in [2.24, 2.45) is 0 Å². The summed E-state index contributed by atoms with van der Waals surface area (Å²) < 4.78 is 0. The first kappa shape index (κ1) is 9.89. The Labute approximate surface area is 77.4 Å². The van der Waals surface area contributed by atoms with E-state index in [1.165, 1.54) is 0 Å². The molecule has 0 radical (unpaired) electrons. The molecule has 0 fully saturated rings. The molecule has 0 amide bonds. The van der Waals surface area contributed by atoms with Crippen LogP contribution in [0, 0.1) is 0 Å². The van der Waals surface area contributed by atoms with Gasteiger partial charge in [0.15, 0.2) is 0 Å². The SMILES string of the molecule is O=Cc1ccccc1CNCCO. The van der Waals surface area contributed by atoms with Crippen molar-refractivity contribution in [3.63, 3.8) is 0 Å². The van der Waals surface area contributed by atoms with E-state index < -0.39 is 0 Å². The molecule has 1 aromatic carbocycles. The number of benzene rings is 1. The Morgan fingerprint density at radius 1 is 1.38 bits per heavy atom. The van der Waals surface area contributed by atoms with E-state index in [-0.39, 0.29) is 6.61 Å². The Balaban J connectivity index is 2.59. The van der Waals surface area contributed by atoms with Crippen LogP contribution < -0.4 is 5.32 Å². The van der Waals surface area contributed by atoms with Crippen molar-refractivity contribution in [3.8, 4) is 0 Å². The predicted molar refractivity (Wildman–Crippen MR) is 50.6 cm³/mol. The van der Waals surface area contributed by atoms with Crippen molar-refractivity contribution in [2.75, 3.05) is 13.2 Å². The zero-order chi connectivity index (χ0) is 9.52. The molecule has 1 rings (SSSR count). The summed E-state index contributed by atoms with van der Waals surface area (Å²) in [4.78, 5) is 10.6. The van der Waals surface area contributed by atoms with E-state index in [9.17, 15) is 4.79 Å². The molecule has 3 heteroatoms. The molecule has 0 saturated carbocycles. The Bertz CT molecular complexity index is 273. The summed E-state index contributed by atoms with van der Waals surface area (Å²) in [5.74, 6) is 0. The highest BCUT2D eigenvalue weighted by Gasteiger charge is 1.98. The van der Waals surface area contributed by atoms with Crippen LogP contribution in [-0.4, -0.2) is 24.5 Å². The van der Waals surface area contributed by atoms with Crippen molar-refractivity contribution < 1.29 is 9.90 Å². The molecule has 0 atom stereocenters. The zero-order valence-electron chi connectivity index (χ0n) is 7.36. The van der Waals surface area contributed by atoms with Gasteiger partial charge in [-0.25, -0.2) is 0 Å². The van der Waals surface area contributed by atoms with E-state index in [1.54, 1.807) is 6.07 Å². The maximum absolute atomic E-state index is 10.6. The van der Waals surface area contributed by atoms with E-state index >= 15 is 0 Å². The highest BCUT2D eigenvalue weighted by Crippen LogP contribution is 2.04. The lowest BCUT2D eigenvalue weighted by molar-refractivity contribution is 0.112. The number of aldehydes is 1. The lowest BCUT2D eigenvalue weighted by atomic mass is 10.1. The minimum atomic E-state index is 0.114.